The lowest BCUT2D eigenvalue weighted by Gasteiger charge is -2.48. The van der Waals surface area contributed by atoms with E-state index in [-0.39, 0.29) is 43.3 Å². The second-order valence-corrected chi connectivity index (χ2v) is 17.3. The van der Waals surface area contributed by atoms with Gasteiger partial charge in [0, 0.05) is 61.0 Å². The Bertz CT molecular complexity index is 2510. The zero-order valence-electron chi connectivity index (χ0n) is 35.7. The maximum absolute atomic E-state index is 11.4. The van der Waals surface area contributed by atoms with E-state index in [9.17, 15) is 25.5 Å². The smallest absolute Gasteiger partial charge is 0.161 e. The lowest BCUT2D eigenvalue weighted by atomic mass is 9.64. The van der Waals surface area contributed by atoms with Crippen LogP contribution in [0.1, 0.15) is 82.2 Å². The Balaban J connectivity index is 1.26. The van der Waals surface area contributed by atoms with Gasteiger partial charge in [0.15, 0.2) is 17.6 Å². The monoisotopic (exact) mass is 846 g/mol. The fourth-order valence-electron chi connectivity index (χ4n) is 10.4. The van der Waals surface area contributed by atoms with Gasteiger partial charge in [-0.2, -0.15) is 0 Å². The van der Waals surface area contributed by atoms with Crippen molar-refractivity contribution < 1.29 is 44.5 Å². The van der Waals surface area contributed by atoms with Crippen molar-refractivity contribution in [2.45, 2.75) is 81.2 Å². The number of hydrogen-bond donors (Lipinski definition) is 8. The topological polar surface area (TPSA) is 187 Å². The molecule has 0 fully saturated rings. The van der Waals surface area contributed by atoms with Crippen LogP contribution in [0.25, 0.3) is 23.3 Å². The van der Waals surface area contributed by atoms with Crippen LogP contribution in [0.15, 0.2) is 53.5 Å². The molecule has 0 aromatic heterocycles. The minimum absolute atomic E-state index is 0.000641. The van der Waals surface area contributed by atoms with Crippen molar-refractivity contribution in [3.8, 4) is 39.9 Å². The first kappa shape index (κ1) is 42.3. The van der Waals surface area contributed by atoms with Crippen molar-refractivity contribution in [1.29, 1.82) is 0 Å². The van der Waals surface area contributed by atoms with Crippen LogP contribution in [0, 0.1) is 0 Å². The predicted molar refractivity (Wildman–Crippen MR) is 236 cm³/mol. The summed E-state index contributed by atoms with van der Waals surface area (Å²) in [5, 5.41) is 65.2. The van der Waals surface area contributed by atoms with E-state index < -0.39 is 23.9 Å². The molecule has 13 nitrogen and oxygen atoms in total. The van der Waals surface area contributed by atoms with Gasteiger partial charge in [0.1, 0.15) is 29.0 Å². The average molecular weight is 847 g/mol. The summed E-state index contributed by atoms with van der Waals surface area (Å²) in [5.74, 6) is 1.95. The van der Waals surface area contributed by atoms with Crippen molar-refractivity contribution in [3.05, 3.63) is 104 Å². The zero-order chi connectivity index (χ0) is 43.1. The highest BCUT2D eigenvalue weighted by molar-refractivity contribution is 5.89. The number of ether oxygens (including phenoxy) is 4. The molecule has 0 saturated heterocycles. The number of aryl methyl sites for hydroxylation is 1. The lowest BCUT2D eigenvalue weighted by Crippen LogP contribution is -2.56. The van der Waals surface area contributed by atoms with Gasteiger partial charge in [-0.3, -0.25) is 10.3 Å². The van der Waals surface area contributed by atoms with Crippen molar-refractivity contribution in [1.82, 2.24) is 16.0 Å². The Labute approximate surface area is 361 Å². The molecule has 3 aliphatic heterocycles. The van der Waals surface area contributed by atoms with Gasteiger partial charge < -0.3 is 55.1 Å². The standard InChI is InChI=1S/C49H58N4O9/c1-27(56)22-51-25-52-24-49(60-26-50-2)21-39-38-20-37-33(28-6-12-40-29(17-28)14-15-53-40)9-10-34-41(57)13-11-35(43(34)37)44(38)47-36(8-7-32(23-55)61-47)46(39)62-48(49)31-18-30(5-4-16-54)45(58)42(19-31)59-3/h6,9-14,17-19,27,32-33,37,48,50-52,54-58H,4-5,7-8,15-16,20-26H2,1-3H3/t27-,32+,33+,37-,48+,49-/m0/s1. The zero-order valence-corrected chi connectivity index (χ0v) is 35.7. The summed E-state index contributed by atoms with van der Waals surface area (Å²) in [5.41, 5.74) is 8.42. The minimum Gasteiger partial charge on any atom is -0.507 e. The van der Waals surface area contributed by atoms with Crippen LogP contribution in [0.2, 0.25) is 0 Å². The molecule has 0 unspecified atom stereocenters. The average Bonchev–Trinajstić information content (AvgIpc) is 3.76. The van der Waals surface area contributed by atoms with Crippen molar-refractivity contribution in [3.63, 3.8) is 0 Å². The molecule has 6 atom stereocenters. The number of phenols is 2. The quantitative estimate of drug-likeness (QED) is 0.0609. The van der Waals surface area contributed by atoms with E-state index in [0.717, 1.165) is 60.8 Å². The number of aromatic hydroxyl groups is 2. The Morgan fingerprint density at radius 1 is 1.00 bits per heavy atom. The highest BCUT2D eigenvalue weighted by Gasteiger charge is 2.51. The second kappa shape index (κ2) is 17.6. The molecule has 4 aromatic carbocycles. The minimum atomic E-state index is -1.03. The van der Waals surface area contributed by atoms with Crippen molar-refractivity contribution >= 4 is 12.2 Å². The van der Waals surface area contributed by atoms with E-state index >= 15 is 0 Å². The largest absolute Gasteiger partial charge is 0.507 e. The molecule has 5 aliphatic rings. The van der Waals surface area contributed by atoms with Crippen LogP contribution in [0.3, 0.4) is 0 Å². The van der Waals surface area contributed by atoms with Crippen LogP contribution < -0.4 is 40.7 Å². The third-order valence-corrected chi connectivity index (χ3v) is 13.3. The van der Waals surface area contributed by atoms with E-state index in [1.54, 1.807) is 13.0 Å². The van der Waals surface area contributed by atoms with Crippen LogP contribution in [-0.4, -0.2) is 104 Å². The summed E-state index contributed by atoms with van der Waals surface area (Å²) in [6.07, 6.45) is 7.95. The molecular weight excluding hydrogens is 789 g/mol. The Hall–Kier alpha value is -4.99. The number of rotatable bonds is 16. The number of allylic oxidation sites excluding steroid dienone is 1. The normalized spacial score (nSPS) is 23.1. The number of phenolic OH excluding ortho intramolecular Hbond substituents is 2. The van der Waals surface area contributed by atoms with E-state index in [1.807, 2.05) is 25.2 Å². The summed E-state index contributed by atoms with van der Waals surface area (Å²) in [6.45, 7) is 3.61. The molecule has 3 heterocycles. The first-order valence-electron chi connectivity index (χ1n) is 21.9. The van der Waals surface area contributed by atoms with Gasteiger partial charge in [0.05, 0.1) is 38.5 Å². The molecule has 8 N–H and O–H groups in total. The summed E-state index contributed by atoms with van der Waals surface area (Å²) in [7, 11) is 3.36. The SMILES string of the molecule is CNCO[C@]1(CNCNC[C@H](C)O)Cc2c3c(c4c(c2O[C@@H]1c1cc(CCCO)c(O)c(OC)c1)CC[C@H](CO)O4)-c1ccc(O)c2c1[C@@H](C3)[C@@H](c1ccc3c(c1)=CCN=3)C=C2. The van der Waals surface area contributed by atoms with E-state index in [1.165, 1.54) is 12.7 Å². The summed E-state index contributed by atoms with van der Waals surface area (Å²) in [6, 6.07) is 14.1. The Morgan fingerprint density at radius 3 is 2.66 bits per heavy atom. The molecule has 13 heteroatoms. The maximum atomic E-state index is 11.4. The molecule has 62 heavy (non-hydrogen) atoms. The van der Waals surface area contributed by atoms with Crippen molar-refractivity contribution in [2.75, 3.05) is 60.4 Å². The van der Waals surface area contributed by atoms with Gasteiger partial charge in [0.2, 0.25) is 0 Å². The maximum Gasteiger partial charge on any atom is 0.161 e. The van der Waals surface area contributed by atoms with Crippen LogP contribution >= 0.6 is 0 Å². The highest BCUT2D eigenvalue weighted by Crippen LogP contribution is 2.60. The fraction of sp³-hybridized carbons (Fsp3) is 0.449. The van der Waals surface area contributed by atoms with E-state index in [4.69, 9.17) is 18.9 Å². The summed E-state index contributed by atoms with van der Waals surface area (Å²) >= 11 is 0. The van der Waals surface area contributed by atoms with Crippen LogP contribution in [0.4, 0.5) is 0 Å². The first-order valence-corrected chi connectivity index (χ1v) is 21.9. The molecule has 0 bridgehead atoms. The molecule has 0 saturated carbocycles. The van der Waals surface area contributed by atoms with Crippen LogP contribution in [0.5, 0.6) is 28.7 Å². The van der Waals surface area contributed by atoms with E-state index in [0.29, 0.717) is 81.9 Å². The molecule has 0 spiro atoms. The molecule has 2 aliphatic carbocycles. The summed E-state index contributed by atoms with van der Waals surface area (Å²) in [4.78, 5) is 4.64. The third kappa shape index (κ3) is 7.53. The molecular formula is C49H58N4O9. The second-order valence-electron chi connectivity index (χ2n) is 17.3. The molecule has 9 rings (SSSR count). The number of aliphatic hydroxyl groups excluding tert-OH is 3. The number of aliphatic hydroxyl groups is 3. The number of hydrogen-bond acceptors (Lipinski definition) is 13. The third-order valence-electron chi connectivity index (χ3n) is 13.3. The number of fused-ring (bicyclic) bond motifs is 8. The van der Waals surface area contributed by atoms with Gasteiger partial charge >= 0.3 is 0 Å². The Kier molecular flexibility index (Phi) is 12.0. The number of methoxy groups -OCH3 is 1. The Morgan fingerprint density at radius 2 is 1.87 bits per heavy atom. The molecule has 328 valence electrons. The number of nitrogens with zero attached hydrogens (tertiary/aromatic N) is 1. The predicted octanol–water partition coefficient (Wildman–Crippen LogP) is 3.37. The van der Waals surface area contributed by atoms with Crippen molar-refractivity contribution in [2.24, 2.45) is 4.99 Å². The number of nitrogens with one attached hydrogen (secondary N) is 3. The van der Waals surface area contributed by atoms with Gasteiger partial charge in [-0.15, -0.1) is 0 Å². The van der Waals surface area contributed by atoms with Gasteiger partial charge in [-0.1, -0.05) is 30.4 Å². The van der Waals surface area contributed by atoms with E-state index in [2.05, 4.69) is 57.4 Å². The lowest BCUT2D eigenvalue weighted by molar-refractivity contribution is -0.129. The van der Waals surface area contributed by atoms with Gasteiger partial charge in [-0.25, -0.2) is 0 Å². The van der Waals surface area contributed by atoms with Gasteiger partial charge in [-0.05, 0) is 121 Å². The molecule has 0 radical (unpaired) electrons. The fourth-order valence-corrected chi connectivity index (χ4v) is 10.4. The molecule has 4 aromatic rings. The first-order chi connectivity index (χ1) is 30.2. The highest BCUT2D eigenvalue weighted by atomic mass is 16.6. The van der Waals surface area contributed by atoms with Crippen LogP contribution in [-0.2, 0) is 30.4 Å². The molecule has 0 amide bonds. The summed E-state index contributed by atoms with van der Waals surface area (Å²) < 4.78 is 27.1. The number of benzene rings is 4. The van der Waals surface area contributed by atoms with Gasteiger partial charge in [0.25, 0.3) is 0 Å².